The van der Waals surface area contributed by atoms with Crippen LogP contribution in [0.1, 0.15) is 24.1 Å². The van der Waals surface area contributed by atoms with E-state index in [1.807, 2.05) is 10.3 Å². The van der Waals surface area contributed by atoms with Crippen molar-refractivity contribution >= 4 is 26.3 Å². The van der Waals surface area contributed by atoms with Crippen molar-refractivity contribution in [2.75, 3.05) is 39.3 Å². The zero-order chi connectivity index (χ0) is 27.8. The van der Waals surface area contributed by atoms with Gasteiger partial charge in [0.05, 0.1) is 32.3 Å². The van der Waals surface area contributed by atoms with Gasteiger partial charge in [0, 0.05) is 24.9 Å². The fraction of sp³-hybridized carbons (Fsp3) is 0.375. The number of benzene rings is 2. The first-order chi connectivity index (χ1) is 18.0. The Morgan fingerprint density at radius 1 is 0.895 bits per heavy atom. The van der Waals surface area contributed by atoms with Gasteiger partial charge in [0.1, 0.15) is 4.90 Å². The van der Waals surface area contributed by atoms with Crippen molar-refractivity contribution in [3.05, 3.63) is 57.9 Å². The predicted molar refractivity (Wildman–Crippen MR) is 130 cm³/mol. The molecule has 38 heavy (non-hydrogen) atoms. The van der Waals surface area contributed by atoms with Gasteiger partial charge in [0.2, 0.25) is 11.6 Å². The molecule has 0 radical (unpaired) electrons. The van der Waals surface area contributed by atoms with Gasteiger partial charge in [-0.1, -0.05) is 0 Å². The summed E-state index contributed by atoms with van der Waals surface area (Å²) in [5, 5.41) is 1.14. The summed E-state index contributed by atoms with van der Waals surface area (Å²) in [5.74, 6) is -10.2. The fourth-order valence-corrected chi connectivity index (χ4v) is 7.05. The number of thiazole rings is 1. The topological polar surface area (TPSA) is 78.0 Å². The standard InChI is InChI=1S/C24H23F5N2O5S2/c1-34-15-9-12(10-16(35-2)22(15)36-3)8-13-11-37-24(30-13)31-6-4-14(5-7-31)38(32,33)23-20(28)18(26)17(25)19(27)21(23)29/h9-11,14H,4-8H2,1-3H3. The van der Waals surface area contributed by atoms with Crippen LogP contribution >= 0.6 is 11.3 Å². The van der Waals surface area contributed by atoms with Crippen molar-refractivity contribution in [2.45, 2.75) is 29.4 Å². The van der Waals surface area contributed by atoms with Crippen LogP contribution in [-0.4, -0.2) is 53.1 Å². The second-order valence-corrected chi connectivity index (χ2v) is 11.5. The number of hydrogen-bond donors (Lipinski definition) is 0. The van der Waals surface area contributed by atoms with Crippen LogP contribution in [0.5, 0.6) is 17.2 Å². The Balaban J connectivity index is 1.48. The van der Waals surface area contributed by atoms with E-state index in [0.717, 1.165) is 11.3 Å². The molecular weight excluding hydrogens is 555 g/mol. The minimum Gasteiger partial charge on any atom is -0.493 e. The second-order valence-electron chi connectivity index (χ2n) is 8.46. The molecule has 2 heterocycles. The van der Waals surface area contributed by atoms with E-state index >= 15 is 0 Å². The molecule has 0 amide bonds. The molecule has 0 aliphatic carbocycles. The number of anilines is 1. The molecule has 1 aliphatic heterocycles. The molecule has 0 bridgehead atoms. The molecule has 206 valence electrons. The van der Waals surface area contributed by atoms with E-state index in [1.54, 1.807) is 12.1 Å². The minimum atomic E-state index is -4.82. The summed E-state index contributed by atoms with van der Waals surface area (Å²) in [6.45, 7) is 0.326. The first-order valence-electron chi connectivity index (χ1n) is 11.3. The minimum absolute atomic E-state index is 0.0797. The Labute approximate surface area is 219 Å². The van der Waals surface area contributed by atoms with Crippen molar-refractivity contribution in [3.63, 3.8) is 0 Å². The molecule has 0 N–H and O–H groups in total. The summed E-state index contributed by atoms with van der Waals surface area (Å²) >= 11 is 1.34. The van der Waals surface area contributed by atoms with Gasteiger partial charge in [-0.2, -0.15) is 0 Å². The van der Waals surface area contributed by atoms with Crippen LogP contribution in [0.4, 0.5) is 27.1 Å². The van der Waals surface area contributed by atoms with Gasteiger partial charge < -0.3 is 19.1 Å². The molecule has 2 aromatic carbocycles. The largest absolute Gasteiger partial charge is 0.493 e. The molecule has 14 heteroatoms. The Kier molecular flexibility index (Phi) is 8.02. The Morgan fingerprint density at radius 3 is 1.92 bits per heavy atom. The second kappa shape index (κ2) is 10.9. The van der Waals surface area contributed by atoms with Crippen LogP contribution < -0.4 is 19.1 Å². The molecule has 3 aromatic rings. The van der Waals surface area contributed by atoms with Crippen molar-refractivity contribution < 1.29 is 44.6 Å². The predicted octanol–water partition coefficient (Wildman–Crippen LogP) is 4.90. The lowest BCUT2D eigenvalue weighted by Crippen LogP contribution is -2.40. The Bertz CT molecular complexity index is 1400. The fourth-order valence-electron chi connectivity index (χ4n) is 4.33. The van der Waals surface area contributed by atoms with Gasteiger partial charge in [-0.15, -0.1) is 11.3 Å². The SMILES string of the molecule is COc1cc(Cc2csc(N3CCC(S(=O)(=O)c4c(F)c(F)c(F)c(F)c4F)CC3)n2)cc(OC)c1OC. The van der Waals surface area contributed by atoms with Crippen LogP contribution in [0.2, 0.25) is 0 Å². The molecule has 0 unspecified atom stereocenters. The number of sulfone groups is 1. The first-order valence-corrected chi connectivity index (χ1v) is 13.7. The van der Waals surface area contributed by atoms with Gasteiger partial charge in [-0.05, 0) is 30.5 Å². The number of rotatable bonds is 8. The van der Waals surface area contributed by atoms with Crippen LogP contribution in [0.3, 0.4) is 0 Å². The number of ether oxygens (including phenoxy) is 3. The highest BCUT2D eigenvalue weighted by Gasteiger charge is 2.39. The highest BCUT2D eigenvalue weighted by atomic mass is 32.2. The number of aromatic nitrogens is 1. The number of halogens is 5. The van der Waals surface area contributed by atoms with E-state index in [4.69, 9.17) is 14.2 Å². The van der Waals surface area contributed by atoms with E-state index in [9.17, 15) is 30.4 Å². The molecule has 4 rings (SSSR count). The average molecular weight is 579 g/mol. The quantitative estimate of drug-likeness (QED) is 0.163. The summed E-state index contributed by atoms with van der Waals surface area (Å²) in [4.78, 5) is 4.64. The number of nitrogens with zero attached hydrogens (tertiary/aromatic N) is 2. The van der Waals surface area contributed by atoms with E-state index in [2.05, 4.69) is 4.98 Å². The summed E-state index contributed by atoms with van der Waals surface area (Å²) in [6.07, 6.45) is 0.283. The number of methoxy groups -OCH3 is 3. The monoisotopic (exact) mass is 578 g/mol. The summed E-state index contributed by atoms with van der Waals surface area (Å²) in [5.41, 5.74) is 1.58. The summed E-state index contributed by atoms with van der Waals surface area (Å²) in [6, 6.07) is 3.60. The molecule has 1 fully saturated rings. The van der Waals surface area contributed by atoms with Crippen LogP contribution in [-0.2, 0) is 16.3 Å². The maximum Gasteiger partial charge on any atom is 0.203 e. The van der Waals surface area contributed by atoms with Crippen LogP contribution in [0, 0.1) is 29.1 Å². The summed E-state index contributed by atoms with van der Waals surface area (Å²) < 4.78 is 111. The van der Waals surface area contributed by atoms with Gasteiger partial charge in [0.15, 0.2) is 49.7 Å². The maximum atomic E-state index is 14.2. The molecule has 1 aliphatic rings. The zero-order valence-corrected chi connectivity index (χ0v) is 22.1. The zero-order valence-electron chi connectivity index (χ0n) is 20.5. The third-order valence-corrected chi connectivity index (χ3v) is 9.48. The van der Waals surface area contributed by atoms with E-state index in [0.29, 0.717) is 28.8 Å². The van der Waals surface area contributed by atoms with Crippen molar-refractivity contribution in [1.29, 1.82) is 0 Å². The lowest BCUT2D eigenvalue weighted by molar-refractivity contribution is 0.324. The normalized spacial score (nSPS) is 14.6. The highest BCUT2D eigenvalue weighted by Crippen LogP contribution is 2.39. The molecule has 1 saturated heterocycles. The third-order valence-electron chi connectivity index (χ3n) is 6.25. The van der Waals surface area contributed by atoms with Crippen molar-refractivity contribution in [2.24, 2.45) is 0 Å². The number of hydrogen-bond acceptors (Lipinski definition) is 8. The smallest absolute Gasteiger partial charge is 0.203 e. The lowest BCUT2D eigenvalue weighted by Gasteiger charge is -2.31. The van der Waals surface area contributed by atoms with Crippen molar-refractivity contribution in [3.8, 4) is 17.2 Å². The highest BCUT2D eigenvalue weighted by molar-refractivity contribution is 7.92. The molecular formula is C24H23F5N2O5S2. The van der Waals surface area contributed by atoms with Crippen molar-refractivity contribution in [1.82, 2.24) is 4.98 Å². The Morgan fingerprint density at radius 2 is 1.42 bits per heavy atom. The molecule has 0 saturated carbocycles. The molecule has 7 nitrogen and oxygen atoms in total. The van der Waals surface area contributed by atoms with Crippen LogP contribution in [0.15, 0.2) is 22.4 Å². The van der Waals surface area contributed by atoms with Gasteiger partial charge >= 0.3 is 0 Å². The Hall–Kier alpha value is -3.13. The van der Waals surface area contributed by atoms with Gasteiger partial charge in [-0.3, -0.25) is 0 Å². The lowest BCUT2D eigenvalue weighted by atomic mass is 10.1. The van der Waals surface area contributed by atoms with E-state index < -0.39 is 49.1 Å². The molecule has 1 aromatic heterocycles. The average Bonchev–Trinajstić information content (AvgIpc) is 3.38. The van der Waals surface area contributed by atoms with Gasteiger partial charge in [0.25, 0.3) is 0 Å². The van der Waals surface area contributed by atoms with E-state index in [1.165, 1.54) is 32.7 Å². The maximum absolute atomic E-state index is 14.2. The number of piperidine rings is 1. The summed E-state index contributed by atoms with van der Waals surface area (Å²) in [7, 11) is -0.292. The molecule has 0 atom stereocenters. The first kappa shape index (κ1) is 27.9. The van der Waals surface area contributed by atoms with Crippen LogP contribution in [0.25, 0.3) is 0 Å². The van der Waals surface area contributed by atoms with E-state index in [-0.39, 0.29) is 25.9 Å². The third kappa shape index (κ3) is 4.98. The molecule has 0 spiro atoms. The van der Waals surface area contributed by atoms with Gasteiger partial charge in [-0.25, -0.2) is 35.4 Å².